The van der Waals surface area contributed by atoms with Gasteiger partial charge < -0.3 is 30.2 Å². The molecule has 35 heavy (non-hydrogen) atoms. The molecule has 0 fully saturated rings. The molecule has 4 N–H and O–H groups in total. The molecule has 0 atom stereocenters. The average Bonchev–Trinajstić information content (AvgIpc) is 3.19. The number of hydrogen-bond donors (Lipinski definition) is 3. The normalized spacial score (nSPS) is 9.37. The molecule has 0 unspecified atom stereocenters. The SMILES string of the molecule is C.C.C.CC1=Nc2ccccc2C1.CO.CO.COC(C)(OC)OC.Cc1ccccc1N.[Y].[Y]. The van der Waals surface area contributed by atoms with Gasteiger partial charge in [-0.15, -0.1) is 0 Å². The number of rotatable bonds is 3. The van der Waals surface area contributed by atoms with Gasteiger partial charge in [-0.2, -0.15) is 0 Å². The molecule has 2 aromatic rings. The third-order valence-corrected chi connectivity index (χ3v) is 4.05. The van der Waals surface area contributed by atoms with Gasteiger partial charge >= 0.3 is 0 Å². The number of nitrogen functional groups attached to an aromatic ring is 1. The summed E-state index contributed by atoms with van der Waals surface area (Å²) >= 11 is 0. The maximum Gasteiger partial charge on any atom is 0.279 e. The number of anilines is 1. The van der Waals surface area contributed by atoms with Crippen molar-refractivity contribution in [1.82, 2.24) is 0 Å². The fraction of sp³-hybridized carbons (Fsp3) is 0.500. The van der Waals surface area contributed by atoms with E-state index in [1.165, 1.54) is 32.6 Å². The van der Waals surface area contributed by atoms with Crippen molar-refractivity contribution in [2.75, 3.05) is 41.3 Å². The van der Waals surface area contributed by atoms with E-state index in [1.54, 1.807) is 6.92 Å². The maximum atomic E-state index is 7.00. The molecule has 0 spiro atoms. The Kier molecular flexibility index (Phi) is 47.0. The first kappa shape index (κ1) is 51.5. The van der Waals surface area contributed by atoms with Gasteiger partial charge in [0.1, 0.15) is 0 Å². The van der Waals surface area contributed by atoms with Crippen LogP contribution in [-0.4, -0.2) is 57.4 Å². The summed E-state index contributed by atoms with van der Waals surface area (Å²) in [5.74, 6) is -0.875. The zero-order valence-corrected chi connectivity index (χ0v) is 26.3. The largest absolute Gasteiger partial charge is 0.400 e. The fourth-order valence-corrected chi connectivity index (χ4v) is 2.13. The Labute approximate surface area is 266 Å². The maximum absolute atomic E-state index is 7.00. The van der Waals surface area contributed by atoms with E-state index >= 15 is 0 Å². The van der Waals surface area contributed by atoms with Crippen LogP contribution in [0.15, 0.2) is 53.5 Å². The first-order valence-electron chi connectivity index (χ1n) is 9.33. The van der Waals surface area contributed by atoms with Gasteiger partial charge in [-0.05, 0) is 37.1 Å². The van der Waals surface area contributed by atoms with E-state index in [9.17, 15) is 0 Å². The van der Waals surface area contributed by atoms with Crippen LogP contribution >= 0.6 is 0 Å². The average molecular weight is 649 g/mol. The minimum Gasteiger partial charge on any atom is -0.400 e. The number of aryl methyl sites for hydroxylation is 1. The van der Waals surface area contributed by atoms with E-state index in [1.807, 2.05) is 37.3 Å². The molecule has 0 aliphatic carbocycles. The van der Waals surface area contributed by atoms with Crippen molar-refractivity contribution in [3.8, 4) is 0 Å². The Morgan fingerprint density at radius 1 is 0.771 bits per heavy atom. The molecule has 0 saturated carbocycles. The van der Waals surface area contributed by atoms with Gasteiger partial charge in [0.25, 0.3) is 5.97 Å². The van der Waals surface area contributed by atoms with Crippen LogP contribution < -0.4 is 5.73 Å². The van der Waals surface area contributed by atoms with Gasteiger partial charge in [0.2, 0.25) is 0 Å². The van der Waals surface area contributed by atoms with Crippen molar-refractivity contribution in [3.05, 3.63) is 59.7 Å². The predicted octanol–water partition coefficient (Wildman–Crippen LogP) is 5.63. The second kappa shape index (κ2) is 31.9. The third kappa shape index (κ3) is 22.8. The number of fused-ring (bicyclic) bond motifs is 1. The van der Waals surface area contributed by atoms with Crippen LogP contribution in [0.2, 0.25) is 0 Å². The first-order chi connectivity index (χ1) is 14.3. The molecular weight excluding hydrogens is 598 g/mol. The topological polar surface area (TPSA) is 107 Å². The number of hydrogen-bond acceptors (Lipinski definition) is 7. The minimum absolute atomic E-state index is 0. The Hall–Kier alpha value is -0.0822. The number of para-hydroxylation sites is 2. The number of methoxy groups -OCH3 is 3. The fourth-order valence-electron chi connectivity index (χ4n) is 2.13. The molecular formula is C26H50N2O5Y2. The zero-order valence-electron chi connectivity index (χ0n) is 20.6. The van der Waals surface area contributed by atoms with Gasteiger partial charge in [-0.1, -0.05) is 58.7 Å². The van der Waals surface area contributed by atoms with Gasteiger partial charge in [0.05, 0.1) is 5.69 Å². The van der Waals surface area contributed by atoms with Gasteiger partial charge in [-0.25, -0.2) is 0 Å². The van der Waals surface area contributed by atoms with E-state index in [2.05, 4.69) is 30.1 Å². The molecule has 2 radical (unpaired) electrons. The molecule has 0 amide bonds. The van der Waals surface area contributed by atoms with Gasteiger partial charge in [0, 0.05) is 126 Å². The Morgan fingerprint density at radius 2 is 1.17 bits per heavy atom. The predicted molar refractivity (Wildman–Crippen MR) is 144 cm³/mol. The number of aliphatic hydroxyl groups is 2. The van der Waals surface area contributed by atoms with E-state index in [0.29, 0.717) is 0 Å². The zero-order chi connectivity index (χ0) is 23.6. The van der Waals surface area contributed by atoms with Crippen molar-refractivity contribution in [2.45, 2.75) is 55.4 Å². The molecule has 0 saturated heterocycles. The summed E-state index contributed by atoms with van der Waals surface area (Å²) in [5, 5.41) is 14.0. The number of aliphatic hydroxyl groups excluding tert-OH is 2. The number of nitrogens with zero attached hydrogens (tertiary/aromatic N) is 1. The smallest absolute Gasteiger partial charge is 0.279 e. The summed E-state index contributed by atoms with van der Waals surface area (Å²) in [6.07, 6.45) is 1.04. The molecule has 7 nitrogen and oxygen atoms in total. The van der Waals surface area contributed by atoms with Crippen molar-refractivity contribution >= 4 is 17.1 Å². The molecule has 1 aliphatic heterocycles. The number of nitrogens with two attached hydrogens (primary N) is 1. The summed E-state index contributed by atoms with van der Waals surface area (Å²) in [6.45, 7) is 5.75. The molecule has 0 aromatic heterocycles. The monoisotopic (exact) mass is 648 g/mol. The third-order valence-electron chi connectivity index (χ3n) is 4.05. The Balaban J connectivity index is -0.0000000591. The van der Waals surface area contributed by atoms with Crippen molar-refractivity contribution in [3.63, 3.8) is 0 Å². The number of benzene rings is 2. The standard InChI is InChI=1S/C9H9N.C7H9N.C5H12O3.2CH4O.3CH4.2Y/c1-7-6-8-4-2-3-5-9(8)10-7;1-6-4-2-3-5-7(6)8;1-5(6-2,7-3)8-4;2*1-2;;;;;/h2-5H,6H2,1H3;2-5H,8H2,1H3;1-4H3;2*2H,1H3;3*1H4;;. The van der Waals surface area contributed by atoms with Crippen LogP contribution in [0.5, 0.6) is 0 Å². The van der Waals surface area contributed by atoms with Gasteiger partial charge in [0.15, 0.2) is 0 Å². The molecule has 2 aromatic carbocycles. The first-order valence-corrected chi connectivity index (χ1v) is 9.33. The van der Waals surface area contributed by atoms with Crippen molar-refractivity contribution in [2.24, 2.45) is 4.99 Å². The summed E-state index contributed by atoms with van der Waals surface area (Å²) in [5.41, 5.74) is 11.3. The number of aliphatic imine (C=N–C) groups is 1. The molecule has 1 aliphatic rings. The quantitative estimate of drug-likeness (QED) is 0.294. The van der Waals surface area contributed by atoms with Crippen LogP contribution in [0.1, 0.15) is 47.3 Å². The second-order valence-corrected chi connectivity index (χ2v) is 5.98. The van der Waals surface area contributed by atoms with Crippen LogP contribution in [0, 0.1) is 6.92 Å². The molecule has 0 bridgehead atoms. The van der Waals surface area contributed by atoms with E-state index in [0.717, 1.165) is 37.6 Å². The summed E-state index contributed by atoms with van der Waals surface area (Å²) in [4.78, 5) is 4.37. The van der Waals surface area contributed by atoms with E-state index < -0.39 is 5.97 Å². The van der Waals surface area contributed by atoms with Crippen molar-refractivity contribution in [1.29, 1.82) is 0 Å². The molecule has 200 valence electrons. The summed E-state index contributed by atoms with van der Waals surface area (Å²) < 4.78 is 14.4. The second-order valence-electron chi connectivity index (χ2n) is 5.98. The molecule has 3 rings (SSSR count). The molecule has 1 heterocycles. The Bertz CT molecular complexity index is 699. The van der Waals surface area contributed by atoms with Gasteiger partial charge in [-0.3, -0.25) is 4.99 Å². The van der Waals surface area contributed by atoms with Crippen LogP contribution in [-0.2, 0) is 86.0 Å². The summed E-state index contributed by atoms with van der Waals surface area (Å²) in [7, 11) is 6.56. The van der Waals surface area contributed by atoms with Crippen LogP contribution in [0.25, 0.3) is 0 Å². The Morgan fingerprint density at radius 3 is 1.49 bits per heavy atom. The van der Waals surface area contributed by atoms with E-state index in [4.69, 9.17) is 30.2 Å². The van der Waals surface area contributed by atoms with Crippen LogP contribution in [0.4, 0.5) is 11.4 Å². The molecule has 9 heteroatoms. The minimum atomic E-state index is -0.875. The van der Waals surface area contributed by atoms with Crippen molar-refractivity contribution < 1.29 is 89.8 Å². The summed E-state index contributed by atoms with van der Waals surface area (Å²) in [6, 6.07) is 16.1. The van der Waals surface area contributed by atoms with E-state index in [-0.39, 0.29) is 87.7 Å². The number of ether oxygens (including phenoxy) is 3. The van der Waals surface area contributed by atoms with Crippen LogP contribution in [0.3, 0.4) is 0 Å².